The molecule has 2 aromatic rings. The molecule has 0 aliphatic carbocycles. The fourth-order valence-corrected chi connectivity index (χ4v) is 1.81. The number of nitrogens with one attached hydrogen (secondary N) is 1. The second-order valence-electron chi connectivity index (χ2n) is 2.98. The van der Waals surface area contributed by atoms with Crippen molar-refractivity contribution in [3.05, 3.63) is 30.4 Å². The van der Waals surface area contributed by atoms with Crippen LogP contribution in [0.5, 0.6) is 0 Å². The lowest BCUT2D eigenvalue weighted by Crippen LogP contribution is -2.10. The van der Waals surface area contributed by atoms with Gasteiger partial charge in [0.05, 0.1) is 0 Å². The van der Waals surface area contributed by atoms with Gasteiger partial charge in [0.25, 0.3) is 0 Å². The lowest BCUT2D eigenvalue weighted by Gasteiger charge is -2.05. The molecule has 0 aliphatic heterocycles. The van der Waals surface area contributed by atoms with E-state index in [1.54, 1.807) is 12.4 Å². The largest absolute Gasteiger partial charge is 0.292 e. The molecule has 82 valence electrons. The Balaban J connectivity index is 2.27. The summed E-state index contributed by atoms with van der Waals surface area (Å²) in [6.45, 7) is 1.93. The van der Waals surface area contributed by atoms with Crippen LogP contribution in [0.1, 0.15) is 5.56 Å². The quantitative estimate of drug-likeness (QED) is 0.465. The first-order valence-corrected chi connectivity index (χ1v) is 5.35. The summed E-state index contributed by atoms with van der Waals surface area (Å²) in [5, 5.41) is 1.65. The average Bonchev–Trinajstić information content (AvgIpc) is 2.33. The molecule has 2 heterocycles. The normalized spacial score (nSPS) is 10.1. The van der Waals surface area contributed by atoms with Gasteiger partial charge in [0, 0.05) is 18.0 Å². The molecule has 0 fully saturated rings. The van der Waals surface area contributed by atoms with Gasteiger partial charge in [0.1, 0.15) is 16.4 Å². The Morgan fingerprint density at radius 1 is 1.38 bits per heavy atom. The number of rotatable bonds is 3. The first kappa shape index (κ1) is 10.8. The summed E-state index contributed by atoms with van der Waals surface area (Å²) >= 11 is 1.45. The number of nitrogens with two attached hydrogens (primary N) is 1. The highest BCUT2D eigenvalue weighted by Crippen LogP contribution is 2.26. The molecule has 0 saturated carbocycles. The van der Waals surface area contributed by atoms with E-state index in [4.69, 9.17) is 5.84 Å². The van der Waals surface area contributed by atoms with Crippen LogP contribution in [-0.4, -0.2) is 19.9 Å². The van der Waals surface area contributed by atoms with Gasteiger partial charge in [-0.15, -0.1) is 0 Å². The molecule has 0 bridgehead atoms. The Bertz CT molecular complexity index is 475. The molecule has 3 N–H and O–H groups in total. The van der Waals surface area contributed by atoms with E-state index in [1.807, 2.05) is 13.0 Å². The van der Waals surface area contributed by atoms with E-state index in [9.17, 15) is 0 Å². The Morgan fingerprint density at radius 2 is 2.25 bits per heavy atom. The fourth-order valence-electron chi connectivity index (χ4n) is 1.04. The molecule has 0 atom stereocenters. The van der Waals surface area contributed by atoms with Gasteiger partial charge in [-0.3, -0.25) is 5.43 Å². The third-order valence-corrected chi connectivity index (χ3v) is 2.87. The average molecular weight is 234 g/mol. The summed E-state index contributed by atoms with van der Waals surface area (Å²) in [5.41, 5.74) is 3.39. The van der Waals surface area contributed by atoms with E-state index in [0.29, 0.717) is 5.95 Å². The number of anilines is 1. The number of hydrogen-bond acceptors (Lipinski definition) is 7. The third kappa shape index (κ3) is 2.44. The maximum atomic E-state index is 5.25. The highest BCUT2D eigenvalue weighted by atomic mass is 32.2. The summed E-state index contributed by atoms with van der Waals surface area (Å²) in [7, 11) is 0. The number of hydrogen-bond donors (Lipinski definition) is 2. The molecule has 0 aliphatic rings. The van der Waals surface area contributed by atoms with Crippen LogP contribution in [0.4, 0.5) is 5.95 Å². The maximum absolute atomic E-state index is 5.25. The zero-order chi connectivity index (χ0) is 11.4. The first-order chi connectivity index (χ1) is 7.79. The molecule has 6 nitrogen and oxygen atoms in total. The SMILES string of the molecule is Cc1cnc(NN)nc1Sc1ccncn1. The molecule has 0 aromatic carbocycles. The first-order valence-electron chi connectivity index (χ1n) is 4.53. The van der Waals surface area contributed by atoms with Gasteiger partial charge < -0.3 is 0 Å². The molecule has 0 spiro atoms. The molecule has 0 radical (unpaired) electrons. The molecular formula is C9H10N6S. The third-order valence-electron chi connectivity index (χ3n) is 1.81. The van der Waals surface area contributed by atoms with Crippen LogP contribution in [0, 0.1) is 6.92 Å². The molecular weight excluding hydrogens is 224 g/mol. The van der Waals surface area contributed by atoms with Crippen molar-refractivity contribution in [3.8, 4) is 0 Å². The lowest BCUT2D eigenvalue weighted by molar-refractivity contribution is 0.981. The van der Waals surface area contributed by atoms with Gasteiger partial charge >= 0.3 is 0 Å². The van der Waals surface area contributed by atoms with Crippen molar-refractivity contribution in [2.75, 3.05) is 5.43 Å². The van der Waals surface area contributed by atoms with Crippen LogP contribution < -0.4 is 11.3 Å². The minimum atomic E-state index is 0.391. The second kappa shape index (κ2) is 4.86. The van der Waals surface area contributed by atoms with E-state index in [0.717, 1.165) is 15.6 Å². The minimum absolute atomic E-state index is 0.391. The van der Waals surface area contributed by atoms with E-state index in [-0.39, 0.29) is 0 Å². The molecule has 0 unspecified atom stereocenters. The molecule has 7 heteroatoms. The summed E-state index contributed by atoms with van der Waals surface area (Å²) in [6, 6.07) is 1.82. The van der Waals surface area contributed by atoms with Crippen molar-refractivity contribution in [3.63, 3.8) is 0 Å². The topological polar surface area (TPSA) is 89.6 Å². The van der Waals surface area contributed by atoms with Gasteiger partial charge in [0.2, 0.25) is 5.95 Å². The Labute approximate surface area is 96.7 Å². The van der Waals surface area contributed by atoms with E-state index < -0.39 is 0 Å². The fraction of sp³-hybridized carbons (Fsp3) is 0.111. The Morgan fingerprint density at radius 3 is 2.94 bits per heavy atom. The number of hydrazine groups is 1. The van der Waals surface area contributed by atoms with Gasteiger partial charge in [-0.2, -0.15) is 0 Å². The second-order valence-corrected chi connectivity index (χ2v) is 3.98. The van der Waals surface area contributed by atoms with E-state index in [1.165, 1.54) is 18.1 Å². The monoisotopic (exact) mass is 234 g/mol. The molecule has 2 rings (SSSR count). The molecule has 2 aromatic heterocycles. The van der Waals surface area contributed by atoms with Crippen LogP contribution >= 0.6 is 11.8 Å². The summed E-state index contributed by atoms with van der Waals surface area (Å²) in [5.74, 6) is 5.64. The number of aromatic nitrogens is 4. The zero-order valence-corrected chi connectivity index (χ0v) is 9.40. The van der Waals surface area contributed by atoms with Crippen LogP contribution in [0.25, 0.3) is 0 Å². The minimum Gasteiger partial charge on any atom is -0.292 e. The Kier molecular flexibility index (Phi) is 3.28. The number of aryl methyl sites for hydroxylation is 1. The predicted octanol–water partition coefficient (Wildman–Crippen LogP) is 1.01. The number of nitrogens with zero attached hydrogens (tertiary/aromatic N) is 4. The van der Waals surface area contributed by atoms with Crippen molar-refractivity contribution in [2.24, 2.45) is 5.84 Å². The molecule has 16 heavy (non-hydrogen) atoms. The van der Waals surface area contributed by atoms with Gasteiger partial charge in [0.15, 0.2) is 0 Å². The van der Waals surface area contributed by atoms with Crippen molar-refractivity contribution < 1.29 is 0 Å². The van der Waals surface area contributed by atoms with Gasteiger partial charge in [-0.05, 0) is 24.8 Å². The summed E-state index contributed by atoms with van der Waals surface area (Å²) < 4.78 is 0. The van der Waals surface area contributed by atoms with Crippen LogP contribution in [0.2, 0.25) is 0 Å². The maximum Gasteiger partial charge on any atom is 0.238 e. The smallest absolute Gasteiger partial charge is 0.238 e. The van der Waals surface area contributed by atoms with Crippen LogP contribution in [0.3, 0.4) is 0 Å². The van der Waals surface area contributed by atoms with Crippen LogP contribution in [0.15, 0.2) is 34.8 Å². The lowest BCUT2D eigenvalue weighted by atomic mass is 10.4. The zero-order valence-electron chi connectivity index (χ0n) is 8.58. The predicted molar refractivity (Wildman–Crippen MR) is 60.7 cm³/mol. The Hall–Kier alpha value is -1.73. The van der Waals surface area contributed by atoms with Crippen molar-refractivity contribution in [1.29, 1.82) is 0 Å². The van der Waals surface area contributed by atoms with Crippen molar-refractivity contribution in [1.82, 2.24) is 19.9 Å². The molecule has 0 amide bonds. The van der Waals surface area contributed by atoms with Gasteiger partial charge in [-0.25, -0.2) is 25.8 Å². The van der Waals surface area contributed by atoms with Gasteiger partial charge in [-0.1, -0.05) is 0 Å². The highest BCUT2D eigenvalue weighted by molar-refractivity contribution is 7.99. The van der Waals surface area contributed by atoms with E-state index in [2.05, 4.69) is 25.4 Å². The number of nitrogen functional groups attached to an aromatic ring is 1. The summed E-state index contributed by atoms with van der Waals surface area (Å²) in [4.78, 5) is 16.2. The summed E-state index contributed by atoms with van der Waals surface area (Å²) in [6.07, 6.45) is 4.90. The highest BCUT2D eigenvalue weighted by Gasteiger charge is 2.05. The van der Waals surface area contributed by atoms with Crippen LogP contribution in [-0.2, 0) is 0 Å². The standard InChI is InChI=1S/C9H10N6S/c1-6-4-12-9(15-10)14-8(6)16-7-2-3-11-5-13-7/h2-5H,10H2,1H3,(H,12,14,15). The molecule has 0 saturated heterocycles. The van der Waals surface area contributed by atoms with Crippen molar-refractivity contribution >= 4 is 17.7 Å². The van der Waals surface area contributed by atoms with Crippen molar-refractivity contribution in [2.45, 2.75) is 17.0 Å². The van der Waals surface area contributed by atoms with E-state index >= 15 is 0 Å².